The number of rotatable bonds is 5. The van der Waals surface area contributed by atoms with Crippen LogP contribution < -0.4 is 27.1 Å². The van der Waals surface area contributed by atoms with Crippen molar-refractivity contribution in [3.8, 4) is 0 Å². The highest BCUT2D eigenvalue weighted by atomic mass is 79.9. The molecule has 6 nitrogen and oxygen atoms in total. The lowest BCUT2D eigenvalue weighted by Gasteiger charge is -2.03. The summed E-state index contributed by atoms with van der Waals surface area (Å²) in [6.07, 6.45) is 4.35. The van der Waals surface area contributed by atoms with E-state index in [1.165, 1.54) is 4.68 Å². The van der Waals surface area contributed by atoms with Gasteiger partial charge in [-0.2, -0.15) is 4.57 Å². The van der Waals surface area contributed by atoms with E-state index in [2.05, 4.69) is 30.2 Å². The Kier molecular flexibility index (Phi) is 6.06. The van der Waals surface area contributed by atoms with Crippen molar-refractivity contribution >= 4 is 17.1 Å². The monoisotopic (exact) mass is 440 g/mol. The minimum atomic E-state index is -0.238. The van der Waals surface area contributed by atoms with Crippen molar-refractivity contribution in [2.24, 2.45) is 4.99 Å². The Morgan fingerprint density at radius 1 is 1.14 bits per heavy atom. The van der Waals surface area contributed by atoms with Gasteiger partial charge in [0.25, 0.3) is 5.69 Å². The van der Waals surface area contributed by atoms with Gasteiger partial charge in [-0.25, -0.2) is 4.68 Å². The molecule has 3 aromatic rings. The minimum Gasteiger partial charge on any atom is -1.00 e. The van der Waals surface area contributed by atoms with E-state index >= 15 is 0 Å². The van der Waals surface area contributed by atoms with Crippen molar-refractivity contribution in [2.45, 2.75) is 19.9 Å². The average molecular weight is 441 g/mol. The van der Waals surface area contributed by atoms with Gasteiger partial charge in [0.2, 0.25) is 0 Å². The SMILES string of the molecule is CCC1=C(c2ccccc2)c2cccc[n+]2C1=Nc1c[nH]n(CCO)c1=O.[Br-]. The molecule has 1 aliphatic rings. The first-order chi connectivity index (χ1) is 13.2. The number of hydrogen-bond acceptors (Lipinski definition) is 3. The molecule has 1 aromatic carbocycles. The van der Waals surface area contributed by atoms with Crippen LogP contribution in [0.4, 0.5) is 5.69 Å². The number of aliphatic hydroxyl groups excluding tert-OH is 1. The molecular formula is C21H21BrN4O2. The van der Waals surface area contributed by atoms with Gasteiger partial charge in [0.15, 0.2) is 0 Å². The number of aliphatic hydroxyl groups is 1. The molecule has 0 radical (unpaired) electrons. The van der Waals surface area contributed by atoms with E-state index in [0.29, 0.717) is 5.69 Å². The average Bonchev–Trinajstić information content (AvgIpc) is 3.21. The molecule has 1 aliphatic heterocycles. The van der Waals surface area contributed by atoms with E-state index in [4.69, 9.17) is 10.1 Å². The second kappa shape index (κ2) is 8.50. The summed E-state index contributed by atoms with van der Waals surface area (Å²) < 4.78 is 3.39. The fraction of sp³-hybridized carbons (Fsp3) is 0.190. The van der Waals surface area contributed by atoms with Gasteiger partial charge in [0.05, 0.1) is 31.1 Å². The van der Waals surface area contributed by atoms with Gasteiger partial charge in [-0.3, -0.25) is 9.89 Å². The molecule has 0 atom stereocenters. The lowest BCUT2D eigenvalue weighted by molar-refractivity contribution is -0.554. The van der Waals surface area contributed by atoms with Gasteiger partial charge in [-0.05, 0) is 29.1 Å². The third-order valence-corrected chi connectivity index (χ3v) is 4.70. The van der Waals surface area contributed by atoms with E-state index in [-0.39, 0.29) is 35.7 Å². The Balaban J connectivity index is 0.00000225. The third-order valence-electron chi connectivity index (χ3n) is 4.70. The van der Waals surface area contributed by atoms with Crippen molar-refractivity contribution in [2.75, 3.05) is 6.61 Å². The molecule has 144 valence electrons. The fourth-order valence-corrected chi connectivity index (χ4v) is 3.48. The van der Waals surface area contributed by atoms with Crippen molar-refractivity contribution in [1.82, 2.24) is 9.78 Å². The predicted molar refractivity (Wildman–Crippen MR) is 104 cm³/mol. The Labute approximate surface area is 173 Å². The number of benzene rings is 1. The number of aromatic nitrogens is 3. The molecule has 7 heteroatoms. The molecule has 2 aromatic heterocycles. The van der Waals surface area contributed by atoms with Crippen molar-refractivity contribution < 1.29 is 26.7 Å². The number of aromatic amines is 1. The van der Waals surface area contributed by atoms with E-state index in [1.54, 1.807) is 6.20 Å². The first kappa shape index (κ1) is 20.0. The maximum absolute atomic E-state index is 12.5. The van der Waals surface area contributed by atoms with Crippen LogP contribution in [-0.4, -0.2) is 27.3 Å². The van der Waals surface area contributed by atoms with E-state index in [0.717, 1.165) is 34.7 Å². The van der Waals surface area contributed by atoms with Crippen LogP contribution in [0.15, 0.2) is 76.3 Å². The molecule has 0 bridgehead atoms. The van der Waals surface area contributed by atoms with Crippen LogP contribution in [0.5, 0.6) is 0 Å². The Hall–Kier alpha value is -2.77. The molecule has 0 saturated carbocycles. The molecule has 28 heavy (non-hydrogen) atoms. The molecule has 4 rings (SSSR count). The van der Waals surface area contributed by atoms with E-state index in [1.807, 2.05) is 41.1 Å². The zero-order valence-corrected chi connectivity index (χ0v) is 17.1. The van der Waals surface area contributed by atoms with Crippen molar-refractivity contribution in [3.63, 3.8) is 0 Å². The third kappa shape index (κ3) is 3.39. The maximum Gasteiger partial charge on any atom is 0.333 e. The smallest absolute Gasteiger partial charge is 0.333 e. The van der Waals surface area contributed by atoms with Gasteiger partial charge < -0.3 is 22.1 Å². The molecule has 0 saturated heterocycles. The standard InChI is InChI=1S/C21H20N4O2.BrH/c1-2-16-19(15-8-4-3-5-9-15)18-10-6-7-11-24(18)20(16)23-17-14-22-25(12-13-26)21(17)27;/h3-11,14,26H,2,12-13H2,1H3;1H. The topological polar surface area (TPSA) is 74.3 Å². The van der Waals surface area contributed by atoms with Crippen LogP contribution in [0.3, 0.4) is 0 Å². The number of hydrogen-bond donors (Lipinski definition) is 2. The highest BCUT2D eigenvalue weighted by Crippen LogP contribution is 2.31. The number of aliphatic imine (C=N–C) groups is 1. The van der Waals surface area contributed by atoms with Gasteiger partial charge in [-0.1, -0.05) is 43.3 Å². The molecule has 0 aliphatic carbocycles. The summed E-state index contributed by atoms with van der Waals surface area (Å²) in [6.45, 7) is 2.22. The summed E-state index contributed by atoms with van der Waals surface area (Å²) in [4.78, 5) is 17.2. The molecule has 0 fully saturated rings. The van der Waals surface area contributed by atoms with Crippen LogP contribution >= 0.6 is 0 Å². The number of fused-ring (bicyclic) bond motifs is 1. The molecule has 3 heterocycles. The van der Waals surface area contributed by atoms with Gasteiger partial charge in [0, 0.05) is 5.57 Å². The molecule has 0 unspecified atom stereocenters. The number of nitrogens with zero attached hydrogens (tertiary/aromatic N) is 3. The second-order valence-electron chi connectivity index (χ2n) is 6.30. The van der Waals surface area contributed by atoms with Gasteiger partial charge in [-0.15, -0.1) is 0 Å². The van der Waals surface area contributed by atoms with Gasteiger partial charge in [0.1, 0.15) is 5.69 Å². The summed E-state index contributed by atoms with van der Waals surface area (Å²) in [5.74, 6) is 0.763. The van der Waals surface area contributed by atoms with Crippen LogP contribution in [0.2, 0.25) is 0 Å². The highest BCUT2D eigenvalue weighted by Gasteiger charge is 2.34. The lowest BCUT2D eigenvalue weighted by Crippen LogP contribution is -3.00. The number of H-pyrrole nitrogens is 1. The van der Waals surface area contributed by atoms with Crippen LogP contribution in [0.1, 0.15) is 24.6 Å². The number of halogens is 1. The quantitative estimate of drug-likeness (QED) is 0.513. The molecule has 0 spiro atoms. The zero-order valence-electron chi connectivity index (χ0n) is 15.5. The predicted octanol–water partition coefficient (Wildman–Crippen LogP) is -0.736. The van der Waals surface area contributed by atoms with E-state index < -0.39 is 0 Å². The molecular weight excluding hydrogens is 420 g/mol. The highest BCUT2D eigenvalue weighted by molar-refractivity contribution is 6.07. The Bertz CT molecular complexity index is 1100. The minimum absolute atomic E-state index is 0. The first-order valence-electron chi connectivity index (χ1n) is 9.02. The van der Waals surface area contributed by atoms with Crippen LogP contribution in [-0.2, 0) is 6.54 Å². The summed E-state index contributed by atoms with van der Waals surface area (Å²) in [6, 6.07) is 16.3. The first-order valence-corrected chi connectivity index (χ1v) is 9.02. The van der Waals surface area contributed by atoms with Gasteiger partial charge >= 0.3 is 11.4 Å². The number of allylic oxidation sites excluding steroid dienone is 1. The normalized spacial score (nSPS) is 14.3. The summed E-state index contributed by atoms with van der Waals surface area (Å²) >= 11 is 0. The van der Waals surface area contributed by atoms with Crippen LogP contribution in [0.25, 0.3) is 5.57 Å². The maximum atomic E-state index is 12.5. The Morgan fingerprint density at radius 2 is 1.89 bits per heavy atom. The van der Waals surface area contributed by atoms with Crippen molar-refractivity contribution in [3.05, 3.63) is 88.1 Å². The summed E-state index contributed by atoms with van der Waals surface area (Å²) in [5.41, 5.74) is 4.53. The lowest BCUT2D eigenvalue weighted by atomic mass is 9.97. The largest absolute Gasteiger partial charge is 1.00 e. The summed E-state index contributed by atoms with van der Waals surface area (Å²) in [5, 5.41) is 11.9. The number of pyridine rings is 1. The number of nitrogens with one attached hydrogen (secondary N) is 1. The fourth-order valence-electron chi connectivity index (χ4n) is 3.48. The molecule has 0 amide bonds. The van der Waals surface area contributed by atoms with Crippen LogP contribution in [0, 0.1) is 0 Å². The second-order valence-corrected chi connectivity index (χ2v) is 6.30. The zero-order chi connectivity index (χ0) is 18.8. The Morgan fingerprint density at radius 3 is 2.61 bits per heavy atom. The summed E-state index contributed by atoms with van der Waals surface area (Å²) in [7, 11) is 0. The molecule has 2 N–H and O–H groups in total. The van der Waals surface area contributed by atoms with E-state index in [9.17, 15) is 4.79 Å². The van der Waals surface area contributed by atoms with Crippen molar-refractivity contribution in [1.29, 1.82) is 0 Å².